The van der Waals surface area contributed by atoms with Gasteiger partial charge in [-0.1, -0.05) is 6.07 Å². The van der Waals surface area contributed by atoms with E-state index in [-0.39, 0.29) is 29.2 Å². The van der Waals surface area contributed by atoms with Crippen LogP contribution in [0.2, 0.25) is 0 Å². The first-order valence-electron chi connectivity index (χ1n) is 11.6. The van der Waals surface area contributed by atoms with Crippen molar-refractivity contribution < 1.29 is 14.4 Å². The minimum Gasteiger partial charge on any atom is -0.348 e. The fraction of sp³-hybridized carbons (Fsp3) is 0.458. The van der Waals surface area contributed by atoms with Crippen molar-refractivity contribution in [3.8, 4) is 0 Å². The molecular weight excluding hydrogens is 420 g/mol. The summed E-state index contributed by atoms with van der Waals surface area (Å²) in [5.41, 5.74) is 2.25. The maximum atomic E-state index is 12.7. The molecule has 1 saturated carbocycles. The van der Waals surface area contributed by atoms with Crippen LogP contribution in [0.15, 0.2) is 30.7 Å². The number of fused-ring (bicyclic) bond motifs is 1. The second kappa shape index (κ2) is 8.80. The van der Waals surface area contributed by atoms with Crippen LogP contribution < -0.4 is 10.6 Å². The number of nitrogens with zero attached hydrogens (tertiary/aromatic N) is 3. The third kappa shape index (κ3) is 4.67. The molecule has 2 fully saturated rings. The van der Waals surface area contributed by atoms with Gasteiger partial charge in [-0.15, -0.1) is 0 Å². The molecule has 1 saturated heterocycles. The summed E-state index contributed by atoms with van der Waals surface area (Å²) in [5, 5.41) is 5.86. The molecule has 1 spiro atoms. The minimum atomic E-state index is -0.203. The molecule has 0 unspecified atom stereocenters. The molecule has 9 heteroatoms. The van der Waals surface area contributed by atoms with E-state index in [2.05, 4.69) is 25.6 Å². The van der Waals surface area contributed by atoms with Crippen LogP contribution in [0.4, 0.5) is 5.82 Å². The number of hydrogen-bond acceptors (Lipinski definition) is 5. The zero-order valence-electron chi connectivity index (χ0n) is 18.5. The zero-order chi connectivity index (χ0) is 22.8. The molecule has 0 aromatic carbocycles. The lowest BCUT2D eigenvalue weighted by atomic mass is 9.72. The van der Waals surface area contributed by atoms with Gasteiger partial charge in [-0.2, -0.15) is 0 Å². The van der Waals surface area contributed by atoms with Crippen molar-refractivity contribution in [1.29, 1.82) is 0 Å². The number of rotatable bonds is 4. The van der Waals surface area contributed by atoms with E-state index >= 15 is 0 Å². The fourth-order valence-corrected chi connectivity index (χ4v) is 5.16. The van der Waals surface area contributed by atoms with Crippen molar-refractivity contribution in [2.24, 2.45) is 5.41 Å². The van der Waals surface area contributed by atoms with Gasteiger partial charge in [0.1, 0.15) is 11.5 Å². The van der Waals surface area contributed by atoms with Crippen molar-refractivity contribution in [3.63, 3.8) is 0 Å². The molecule has 1 aliphatic carbocycles. The number of pyridine rings is 1. The summed E-state index contributed by atoms with van der Waals surface area (Å²) < 4.78 is 0. The Labute approximate surface area is 192 Å². The highest BCUT2D eigenvalue weighted by atomic mass is 16.2. The number of nitrogens with one attached hydrogen (secondary N) is 3. The molecule has 3 amide bonds. The normalized spacial score (nSPS) is 24.7. The lowest BCUT2D eigenvalue weighted by Gasteiger charge is -2.37. The smallest absolute Gasteiger partial charge is 0.270 e. The second-order valence-corrected chi connectivity index (χ2v) is 9.35. The Kier molecular flexibility index (Phi) is 5.70. The van der Waals surface area contributed by atoms with Gasteiger partial charge in [-0.05, 0) is 61.6 Å². The van der Waals surface area contributed by atoms with Crippen LogP contribution in [0, 0.1) is 5.41 Å². The van der Waals surface area contributed by atoms with Crippen LogP contribution in [-0.4, -0.2) is 56.7 Å². The third-order valence-corrected chi connectivity index (χ3v) is 7.15. The third-order valence-electron chi connectivity index (χ3n) is 7.15. The molecule has 2 aliphatic heterocycles. The van der Waals surface area contributed by atoms with Crippen LogP contribution in [-0.2, 0) is 16.0 Å². The van der Waals surface area contributed by atoms with Crippen molar-refractivity contribution in [2.75, 3.05) is 18.4 Å². The Bertz CT molecular complexity index is 1090. The molecule has 4 heterocycles. The number of carbonyl (C=O) groups is 3. The predicted molar refractivity (Wildman–Crippen MR) is 122 cm³/mol. The van der Waals surface area contributed by atoms with Crippen LogP contribution in [0.5, 0.6) is 0 Å². The van der Waals surface area contributed by atoms with Crippen molar-refractivity contribution >= 4 is 29.6 Å². The van der Waals surface area contributed by atoms with E-state index < -0.39 is 0 Å². The van der Waals surface area contributed by atoms with Gasteiger partial charge in [0.2, 0.25) is 11.8 Å². The number of imidazole rings is 1. The molecule has 5 rings (SSSR count). The fourth-order valence-electron chi connectivity index (χ4n) is 5.16. The molecule has 33 heavy (non-hydrogen) atoms. The number of hydrogen-bond donors (Lipinski definition) is 3. The van der Waals surface area contributed by atoms with Gasteiger partial charge in [0, 0.05) is 31.6 Å². The average Bonchev–Trinajstić information content (AvgIpc) is 3.49. The molecule has 172 valence electrons. The highest BCUT2D eigenvalue weighted by Crippen LogP contribution is 2.44. The first-order chi connectivity index (χ1) is 16.0. The summed E-state index contributed by atoms with van der Waals surface area (Å²) in [5.74, 6) is 0.262. The number of aryl methyl sites for hydroxylation is 1. The van der Waals surface area contributed by atoms with Gasteiger partial charge >= 0.3 is 0 Å². The standard InChI is InChI=1S/C24H28N6O3/c31-20-5-2-16-1-4-19(28-22(16)29-20)23(33)27-17-7-9-24(10-8-17)11-12-30(14-24)21(32)6-3-18-13-25-15-26-18/h1,3-4,6,13,15,17H,2,5,7-12,14H2,(H,25,26)(H,27,33)(H,28,29,31)/b6-3+. The molecule has 3 N–H and O–H groups in total. The lowest BCUT2D eigenvalue weighted by Crippen LogP contribution is -2.42. The second-order valence-electron chi connectivity index (χ2n) is 9.35. The van der Waals surface area contributed by atoms with Gasteiger partial charge in [0.25, 0.3) is 5.91 Å². The summed E-state index contributed by atoms with van der Waals surface area (Å²) in [6, 6.07) is 3.70. The topological polar surface area (TPSA) is 120 Å². The monoisotopic (exact) mass is 448 g/mol. The van der Waals surface area contributed by atoms with E-state index in [0.717, 1.165) is 56.5 Å². The summed E-state index contributed by atoms with van der Waals surface area (Å²) in [6.45, 7) is 1.54. The maximum absolute atomic E-state index is 12.7. The van der Waals surface area contributed by atoms with Crippen molar-refractivity contribution in [1.82, 2.24) is 25.2 Å². The largest absolute Gasteiger partial charge is 0.348 e. The molecule has 2 aromatic heterocycles. The Balaban J connectivity index is 1.13. The van der Waals surface area contributed by atoms with Crippen molar-refractivity contribution in [2.45, 2.75) is 51.0 Å². The van der Waals surface area contributed by atoms with Crippen LogP contribution in [0.1, 0.15) is 60.3 Å². The van der Waals surface area contributed by atoms with E-state index in [9.17, 15) is 14.4 Å². The Hall–Kier alpha value is -3.49. The predicted octanol–water partition coefficient (Wildman–Crippen LogP) is 2.29. The van der Waals surface area contributed by atoms with E-state index in [1.54, 1.807) is 30.7 Å². The first kappa shape index (κ1) is 21.4. The number of aromatic amines is 1. The molecule has 0 bridgehead atoms. The van der Waals surface area contributed by atoms with E-state index in [1.165, 1.54) is 0 Å². The molecule has 0 radical (unpaired) electrons. The van der Waals surface area contributed by atoms with Gasteiger partial charge in [-0.25, -0.2) is 9.97 Å². The van der Waals surface area contributed by atoms with Gasteiger partial charge in [0.05, 0.1) is 18.2 Å². The highest BCUT2D eigenvalue weighted by Gasteiger charge is 2.42. The van der Waals surface area contributed by atoms with E-state index in [0.29, 0.717) is 24.4 Å². The summed E-state index contributed by atoms with van der Waals surface area (Å²) in [4.78, 5) is 50.1. The summed E-state index contributed by atoms with van der Waals surface area (Å²) >= 11 is 0. The Morgan fingerprint density at radius 2 is 2.03 bits per heavy atom. The number of amides is 3. The Morgan fingerprint density at radius 3 is 2.82 bits per heavy atom. The molecule has 2 aromatic rings. The van der Waals surface area contributed by atoms with Crippen LogP contribution in [0.3, 0.4) is 0 Å². The summed E-state index contributed by atoms with van der Waals surface area (Å²) in [6.07, 6.45) is 12.5. The Morgan fingerprint density at radius 1 is 1.18 bits per heavy atom. The van der Waals surface area contributed by atoms with E-state index in [4.69, 9.17) is 0 Å². The van der Waals surface area contributed by atoms with Gasteiger partial charge in [-0.3, -0.25) is 14.4 Å². The lowest BCUT2D eigenvalue weighted by molar-refractivity contribution is -0.125. The van der Waals surface area contributed by atoms with Gasteiger partial charge in [0.15, 0.2) is 0 Å². The highest BCUT2D eigenvalue weighted by molar-refractivity contribution is 5.96. The quantitative estimate of drug-likeness (QED) is 0.620. The molecule has 0 atom stereocenters. The zero-order valence-corrected chi connectivity index (χ0v) is 18.5. The SMILES string of the molecule is O=C1CCc2ccc(C(=O)NC3CCC4(CC3)CCN(C(=O)/C=C/c3cnc[nH]3)C4)nc2N1. The number of aromatic nitrogens is 3. The van der Waals surface area contributed by atoms with Crippen molar-refractivity contribution in [3.05, 3.63) is 47.7 Å². The maximum Gasteiger partial charge on any atom is 0.270 e. The first-order valence-corrected chi connectivity index (χ1v) is 11.6. The van der Waals surface area contributed by atoms with E-state index in [1.807, 2.05) is 11.0 Å². The number of H-pyrrole nitrogens is 1. The number of carbonyl (C=O) groups excluding carboxylic acids is 3. The number of likely N-dealkylation sites (tertiary alicyclic amines) is 1. The summed E-state index contributed by atoms with van der Waals surface area (Å²) in [7, 11) is 0. The number of anilines is 1. The molecule has 3 aliphatic rings. The minimum absolute atomic E-state index is 0.0301. The van der Waals surface area contributed by atoms with Gasteiger partial charge < -0.3 is 20.5 Å². The molecular formula is C24H28N6O3. The molecule has 9 nitrogen and oxygen atoms in total. The van der Waals surface area contributed by atoms with Crippen LogP contribution in [0.25, 0.3) is 6.08 Å². The van der Waals surface area contributed by atoms with Crippen LogP contribution >= 0.6 is 0 Å². The average molecular weight is 449 g/mol.